The number of fused-ring (bicyclic) bond motifs is 6. The molecule has 0 saturated heterocycles. The number of carboxylic acids is 1. The Morgan fingerprint density at radius 1 is 0.688 bits per heavy atom. The third-order valence-corrected chi connectivity index (χ3v) is 12.3. The predicted molar refractivity (Wildman–Crippen MR) is 186 cm³/mol. The van der Waals surface area contributed by atoms with Crippen molar-refractivity contribution in [3.8, 4) is 22.3 Å². The van der Waals surface area contributed by atoms with E-state index in [9.17, 15) is 24.3 Å². The van der Waals surface area contributed by atoms with Crippen molar-refractivity contribution in [2.45, 2.75) is 28.7 Å². The van der Waals surface area contributed by atoms with E-state index in [1.54, 1.807) is 0 Å². The van der Waals surface area contributed by atoms with Gasteiger partial charge in [0, 0.05) is 0 Å². The second kappa shape index (κ2) is 14.3. The molecule has 6 rings (SSSR count). The van der Waals surface area contributed by atoms with Gasteiger partial charge in [-0.1, -0.05) is 0 Å². The van der Waals surface area contributed by atoms with Gasteiger partial charge >= 0.3 is 295 Å². The van der Waals surface area contributed by atoms with Crippen LogP contribution in [0.15, 0.2) is 97.1 Å². The summed E-state index contributed by atoms with van der Waals surface area (Å²) in [5.41, 5.74) is 20.0. The summed E-state index contributed by atoms with van der Waals surface area (Å²) in [6.45, 7) is -0.279. The second-order valence-electron chi connectivity index (χ2n) is 11.5. The van der Waals surface area contributed by atoms with E-state index in [1.807, 2.05) is 97.1 Å². The molecule has 245 valence electrons. The summed E-state index contributed by atoms with van der Waals surface area (Å²) in [5.74, 6) is -4.26. The molecule has 1 radical (unpaired) electrons. The van der Waals surface area contributed by atoms with Crippen molar-refractivity contribution in [3.05, 3.63) is 119 Å². The zero-order valence-electron chi connectivity index (χ0n) is 25.4. The SMILES string of the molecule is N[C@H](C(=O)[Se])C(SSC[C@H](N)C(=O)O)(C(=O)OCC1c2ccccc2-c2ccccc21)C(=O)OCC1c2ccccc2-c2ccccc21. The standard InChI is InChI=1S/C36H31N2O7S2Se/c37-30(32(39)40)19-46-47-36(31(38)33(41)48,34(42)44-17-28-24-13-5-1-9-20(24)21-10-2-6-14-25(21)28)35(43)45-18-29-26-15-7-3-11-22(26)23-12-4-8-16-27(23)29/h1-16,28-31H,17-19,37-38H2,(H,39,40)/t30-,31+/m0/s1. The van der Waals surface area contributed by atoms with Gasteiger partial charge in [-0.25, -0.2) is 0 Å². The van der Waals surface area contributed by atoms with Crippen molar-refractivity contribution in [2.75, 3.05) is 19.0 Å². The number of carbonyl (C=O) groups is 4. The molecule has 0 aliphatic heterocycles. The summed E-state index contributed by atoms with van der Waals surface area (Å²) in [7, 11) is 1.47. The Kier molecular flexibility index (Phi) is 10.1. The van der Waals surface area contributed by atoms with Crippen LogP contribution in [-0.2, 0) is 28.7 Å². The molecule has 0 spiro atoms. The van der Waals surface area contributed by atoms with E-state index in [-0.39, 0.29) is 30.8 Å². The number of rotatable bonds is 13. The number of benzene rings is 4. The zero-order chi connectivity index (χ0) is 34.0. The molecular weight excluding hydrogens is 715 g/mol. The zero-order valence-corrected chi connectivity index (χ0v) is 28.8. The average Bonchev–Trinajstić information content (AvgIpc) is 3.60. The number of hydrogen-bond acceptors (Lipinski definition) is 10. The summed E-state index contributed by atoms with van der Waals surface area (Å²) in [6, 6.07) is 28.2. The maximum atomic E-state index is 14.3. The van der Waals surface area contributed by atoms with Crippen LogP contribution in [0.25, 0.3) is 22.3 Å². The Labute approximate surface area is 293 Å². The molecule has 2 aliphatic rings. The molecule has 5 N–H and O–H groups in total. The number of carboxylic acid groups (broad SMARTS) is 1. The molecule has 0 saturated carbocycles. The van der Waals surface area contributed by atoms with Crippen LogP contribution in [-0.4, -0.2) is 79.5 Å². The van der Waals surface area contributed by atoms with E-state index in [1.165, 1.54) is 0 Å². The number of esters is 2. The molecule has 4 aromatic carbocycles. The van der Waals surface area contributed by atoms with Crippen molar-refractivity contribution >= 4 is 60.2 Å². The average molecular weight is 747 g/mol. The molecule has 48 heavy (non-hydrogen) atoms. The van der Waals surface area contributed by atoms with Crippen molar-refractivity contribution < 1.29 is 33.8 Å². The van der Waals surface area contributed by atoms with E-state index >= 15 is 0 Å². The first-order chi connectivity index (χ1) is 23.1. The van der Waals surface area contributed by atoms with E-state index in [0.717, 1.165) is 55.3 Å². The third kappa shape index (κ3) is 6.20. The van der Waals surface area contributed by atoms with Crippen LogP contribution >= 0.6 is 21.6 Å². The molecule has 0 bridgehead atoms. The number of hydrogen-bond donors (Lipinski definition) is 3. The number of aliphatic carboxylic acids is 1. The van der Waals surface area contributed by atoms with Crippen molar-refractivity contribution in [3.63, 3.8) is 0 Å². The molecule has 0 amide bonds. The van der Waals surface area contributed by atoms with E-state index in [0.29, 0.717) is 10.8 Å². The van der Waals surface area contributed by atoms with Gasteiger partial charge in [0.25, 0.3) is 0 Å². The fourth-order valence-electron chi connectivity index (χ4n) is 6.31. The molecular formula is C36H31N2O7S2Se. The van der Waals surface area contributed by atoms with Gasteiger partial charge in [0.1, 0.15) is 0 Å². The van der Waals surface area contributed by atoms with Crippen LogP contribution in [0, 0.1) is 0 Å². The maximum absolute atomic E-state index is 14.3. The first-order valence-corrected chi connectivity index (χ1v) is 18.3. The summed E-state index contributed by atoms with van der Waals surface area (Å²) in [6.07, 6.45) is 0. The Balaban J connectivity index is 1.31. The number of ether oxygens (including phenoxy) is 2. The quantitative estimate of drug-likeness (QED) is 0.0778. The second-order valence-corrected chi connectivity index (χ2v) is 14.9. The molecule has 0 aromatic heterocycles. The Hall–Kier alpha value is -3.90. The van der Waals surface area contributed by atoms with E-state index in [4.69, 9.17) is 20.9 Å². The van der Waals surface area contributed by atoms with Gasteiger partial charge in [-0.2, -0.15) is 0 Å². The van der Waals surface area contributed by atoms with Gasteiger partial charge in [-0.15, -0.1) is 0 Å². The summed E-state index contributed by atoms with van der Waals surface area (Å²) in [5, 5.41) is 9.34. The first kappa shape index (κ1) is 34.0. The summed E-state index contributed by atoms with van der Waals surface area (Å²) < 4.78 is 8.68. The molecule has 2 aliphatic carbocycles. The van der Waals surface area contributed by atoms with Gasteiger partial charge in [0.15, 0.2) is 0 Å². The summed E-state index contributed by atoms with van der Waals surface area (Å²) >= 11 is 2.30. The van der Waals surface area contributed by atoms with Gasteiger partial charge in [-0.3, -0.25) is 0 Å². The first-order valence-electron chi connectivity index (χ1n) is 15.1. The molecule has 4 aromatic rings. The fraction of sp³-hybridized carbons (Fsp3) is 0.222. The van der Waals surface area contributed by atoms with Crippen LogP contribution in [0.1, 0.15) is 34.1 Å². The minimum atomic E-state index is -2.39. The van der Waals surface area contributed by atoms with Crippen molar-refractivity contribution in [2.24, 2.45) is 11.5 Å². The molecule has 0 fully saturated rings. The molecule has 12 heteroatoms. The third-order valence-electron chi connectivity index (χ3n) is 8.74. The van der Waals surface area contributed by atoms with Gasteiger partial charge < -0.3 is 0 Å². The van der Waals surface area contributed by atoms with Crippen LogP contribution in [0.3, 0.4) is 0 Å². The van der Waals surface area contributed by atoms with Crippen LogP contribution in [0.2, 0.25) is 0 Å². The van der Waals surface area contributed by atoms with E-state index in [2.05, 4.69) is 16.0 Å². The topological polar surface area (TPSA) is 159 Å². The Morgan fingerprint density at radius 3 is 1.38 bits per heavy atom. The Morgan fingerprint density at radius 2 is 1.04 bits per heavy atom. The fourth-order valence-corrected chi connectivity index (χ4v) is 9.77. The Bertz CT molecular complexity index is 1700. The number of nitrogens with two attached hydrogens (primary N) is 2. The van der Waals surface area contributed by atoms with Gasteiger partial charge in [0.05, 0.1) is 0 Å². The molecule has 2 atom stereocenters. The molecule has 9 nitrogen and oxygen atoms in total. The minimum absolute atomic E-state index is 0.139. The van der Waals surface area contributed by atoms with E-state index < -0.39 is 39.4 Å². The normalized spacial score (nSPS) is 14.6. The predicted octanol–water partition coefficient (Wildman–Crippen LogP) is 4.25. The van der Waals surface area contributed by atoms with Crippen molar-refractivity contribution in [1.29, 1.82) is 0 Å². The van der Waals surface area contributed by atoms with Gasteiger partial charge in [-0.05, 0) is 0 Å². The monoisotopic (exact) mass is 747 g/mol. The summed E-state index contributed by atoms with van der Waals surface area (Å²) in [4.78, 5) is 52.9. The molecule has 0 unspecified atom stereocenters. The van der Waals surface area contributed by atoms with Gasteiger partial charge in [0.2, 0.25) is 0 Å². The van der Waals surface area contributed by atoms with Crippen LogP contribution in [0.5, 0.6) is 0 Å². The van der Waals surface area contributed by atoms with Crippen molar-refractivity contribution in [1.82, 2.24) is 0 Å². The molecule has 0 heterocycles. The van der Waals surface area contributed by atoms with Crippen LogP contribution in [0.4, 0.5) is 0 Å². The number of carbonyl (C=O) groups excluding carboxylic acids is 3. The van der Waals surface area contributed by atoms with Crippen LogP contribution < -0.4 is 11.5 Å².